The number of fused-ring (bicyclic) bond motifs is 4. The minimum atomic E-state index is -0.783. The van der Waals surface area contributed by atoms with Crippen molar-refractivity contribution >= 4 is 80.2 Å². The van der Waals surface area contributed by atoms with Crippen molar-refractivity contribution in [2.75, 3.05) is 12.3 Å². The number of hydrogen-bond donors (Lipinski definition) is 0. The van der Waals surface area contributed by atoms with Gasteiger partial charge in [0.25, 0.3) is 0 Å². The topological polar surface area (TPSA) is 0 Å². The van der Waals surface area contributed by atoms with Gasteiger partial charge in [0.2, 0.25) is 0 Å². The Morgan fingerprint density at radius 2 is 0.548 bits per heavy atom. The molecule has 0 amide bonds. The molecule has 10 aromatic rings. The maximum atomic E-state index is 7.28. The molecule has 0 aliphatic heterocycles. The first-order chi connectivity index (χ1) is 29.7. The summed E-state index contributed by atoms with van der Waals surface area (Å²) in [5.74, 6) is 4.97. The van der Waals surface area contributed by atoms with Gasteiger partial charge in [-0.05, 0) is 93.0 Å². The zero-order chi connectivity index (χ0) is 40.9. The number of benzene rings is 10. The molecule has 0 aliphatic carbocycles. The first-order valence-electron chi connectivity index (χ1n) is 20.3. The van der Waals surface area contributed by atoms with E-state index < -0.39 is 15.8 Å². The SMILES string of the molecule is [Au+].[Au+].[C-]#Cc1cccc2cc3ccccc3cc12.[C-]#Cc1cccc2cc3ccccc3cc12.c1ccc([PH+](CC[PH+](c2ccccc2)c2ccccc2)c2ccccc2)cc1. The van der Waals surface area contributed by atoms with Crippen LogP contribution in [0, 0.1) is 24.7 Å². The molecule has 10 rings (SSSR count). The van der Waals surface area contributed by atoms with Gasteiger partial charge in [-0.1, -0.05) is 168 Å². The molecular weight excluding hydrogens is 1150 g/mol. The molecule has 0 N–H and O–H groups in total. The molecule has 0 bridgehead atoms. The van der Waals surface area contributed by atoms with Crippen LogP contribution in [-0.2, 0) is 44.8 Å². The summed E-state index contributed by atoms with van der Waals surface area (Å²) in [5.41, 5.74) is 1.70. The van der Waals surface area contributed by atoms with Gasteiger partial charge in [0.15, 0.2) is 0 Å². The first-order valence-corrected chi connectivity index (χ1v) is 23.7. The maximum absolute atomic E-state index is 7.28. The molecule has 62 heavy (non-hydrogen) atoms. The fraction of sp³-hybridized carbons (Fsp3) is 0.0345. The van der Waals surface area contributed by atoms with E-state index in [0.29, 0.717) is 0 Å². The van der Waals surface area contributed by atoms with Crippen LogP contribution in [-0.4, -0.2) is 12.3 Å². The van der Waals surface area contributed by atoms with Gasteiger partial charge in [-0.2, -0.15) is 0 Å². The van der Waals surface area contributed by atoms with Crippen LogP contribution in [0.15, 0.2) is 231 Å². The molecular formula is C58H44Au2P2+2. The van der Waals surface area contributed by atoms with Crippen LogP contribution in [0.5, 0.6) is 0 Å². The predicted molar refractivity (Wildman–Crippen MR) is 266 cm³/mol. The van der Waals surface area contributed by atoms with Crippen molar-refractivity contribution in [2.45, 2.75) is 0 Å². The minimum Gasteiger partial charge on any atom is -0.366 e. The van der Waals surface area contributed by atoms with E-state index in [1.807, 2.05) is 48.5 Å². The maximum Gasteiger partial charge on any atom is 1.00 e. The predicted octanol–water partition coefficient (Wildman–Crippen LogP) is 12.6. The molecule has 0 unspecified atom stereocenters. The Labute approximate surface area is 400 Å². The molecule has 0 nitrogen and oxygen atoms in total. The van der Waals surface area contributed by atoms with Crippen molar-refractivity contribution in [3.8, 4) is 11.8 Å². The average molecular weight is 1200 g/mol. The van der Waals surface area contributed by atoms with E-state index in [4.69, 9.17) is 12.8 Å². The van der Waals surface area contributed by atoms with Gasteiger partial charge in [0.1, 0.15) is 12.3 Å². The third kappa shape index (κ3) is 11.4. The molecule has 0 atom stereocenters. The molecule has 0 spiro atoms. The van der Waals surface area contributed by atoms with Gasteiger partial charge >= 0.3 is 44.8 Å². The molecule has 0 radical (unpaired) electrons. The van der Waals surface area contributed by atoms with Crippen LogP contribution < -0.4 is 21.2 Å². The summed E-state index contributed by atoms with van der Waals surface area (Å²) < 4.78 is 0. The van der Waals surface area contributed by atoms with Gasteiger partial charge in [0.05, 0.1) is 37.1 Å². The summed E-state index contributed by atoms with van der Waals surface area (Å²) >= 11 is 0. The molecule has 0 fully saturated rings. The van der Waals surface area contributed by atoms with E-state index in [1.165, 1.54) is 55.1 Å². The number of rotatable bonds is 7. The third-order valence-corrected chi connectivity index (χ3v) is 17.0. The van der Waals surface area contributed by atoms with E-state index in [-0.39, 0.29) is 44.8 Å². The molecule has 0 saturated carbocycles. The zero-order valence-corrected chi connectivity index (χ0v) is 40.3. The van der Waals surface area contributed by atoms with Crippen molar-refractivity contribution in [1.29, 1.82) is 0 Å². The zero-order valence-electron chi connectivity index (χ0n) is 34.0. The third-order valence-electron chi connectivity index (χ3n) is 10.9. The number of hydrogen-bond acceptors (Lipinski definition) is 0. The smallest absolute Gasteiger partial charge is 0.366 e. The van der Waals surface area contributed by atoms with Crippen LogP contribution >= 0.6 is 15.8 Å². The van der Waals surface area contributed by atoms with Gasteiger partial charge in [-0.3, -0.25) is 11.8 Å². The molecule has 306 valence electrons. The van der Waals surface area contributed by atoms with Gasteiger partial charge in [0, 0.05) is 0 Å². The Morgan fingerprint density at radius 1 is 0.290 bits per heavy atom. The van der Waals surface area contributed by atoms with Gasteiger partial charge in [-0.25, -0.2) is 0 Å². The van der Waals surface area contributed by atoms with Crippen LogP contribution in [0.3, 0.4) is 0 Å². The largest absolute Gasteiger partial charge is 1.00 e. The molecule has 0 saturated heterocycles. The molecule has 0 aromatic heterocycles. The fourth-order valence-electron chi connectivity index (χ4n) is 7.87. The van der Waals surface area contributed by atoms with Crippen LogP contribution in [0.2, 0.25) is 0 Å². The normalized spacial score (nSPS) is 10.4. The Balaban J connectivity index is 0.000000162. The summed E-state index contributed by atoms with van der Waals surface area (Å²) in [5, 5.41) is 15.5. The Bertz CT molecular complexity index is 2780. The molecule has 10 aromatic carbocycles. The second-order valence-electron chi connectivity index (χ2n) is 14.6. The summed E-state index contributed by atoms with van der Waals surface area (Å²) in [4.78, 5) is 0. The Morgan fingerprint density at radius 3 is 0.839 bits per heavy atom. The standard InChI is InChI=1S/C26H24P2.2C16H9.2Au/c1-5-13-23(14-6-1)27(24-15-7-2-8-16-24)21-22-28(25-17-9-3-10-18-25)26-19-11-4-12-20-26;2*1-2-12-8-5-9-15-10-13-6-3-4-7-14(13)11-16(12)15;;/h1-20H,21-22H2;2*3-11H;;/q;2*-1;2*+1/p+2. The van der Waals surface area contributed by atoms with Crippen LogP contribution in [0.4, 0.5) is 0 Å². The molecule has 4 heteroatoms. The van der Waals surface area contributed by atoms with E-state index in [2.05, 4.69) is 194 Å². The van der Waals surface area contributed by atoms with E-state index in [9.17, 15) is 0 Å². The monoisotopic (exact) mass is 1200 g/mol. The minimum absolute atomic E-state index is 0. The van der Waals surface area contributed by atoms with Crippen molar-refractivity contribution in [1.82, 2.24) is 0 Å². The van der Waals surface area contributed by atoms with E-state index in [0.717, 1.165) is 32.7 Å². The average Bonchev–Trinajstić information content (AvgIpc) is 3.32. The first kappa shape index (κ1) is 46.2. The Hall–Kier alpha value is -5.30. The second-order valence-corrected chi connectivity index (χ2v) is 19.8. The summed E-state index contributed by atoms with van der Waals surface area (Å²) in [6, 6.07) is 81.5. The fourth-order valence-corrected chi connectivity index (χ4v) is 14.1. The van der Waals surface area contributed by atoms with E-state index >= 15 is 0 Å². The quantitative estimate of drug-likeness (QED) is 0.0491. The second kappa shape index (κ2) is 23.2. The summed E-state index contributed by atoms with van der Waals surface area (Å²) in [7, 11) is -1.57. The van der Waals surface area contributed by atoms with Crippen molar-refractivity contribution < 1.29 is 44.8 Å². The molecule has 0 aliphatic rings. The van der Waals surface area contributed by atoms with Gasteiger partial charge in [-0.15, -0.1) is 23.3 Å². The van der Waals surface area contributed by atoms with E-state index in [1.54, 1.807) is 0 Å². The van der Waals surface area contributed by atoms with Crippen molar-refractivity contribution in [3.63, 3.8) is 0 Å². The summed E-state index contributed by atoms with van der Waals surface area (Å²) in [6.45, 7) is 0. The van der Waals surface area contributed by atoms with Crippen LogP contribution in [0.25, 0.3) is 43.1 Å². The van der Waals surface area contributed by atoms with Gasteiger partial charge < -0.3 is 12.8 Å². The van der Waals surface area contributed by atoms with Crippen molar-refractivity contribution in [2.24, 2.45) is 0 Å². The molecule has 0 heterocycles. The Kier molecular flexibility index (Phi) is 17.3. The van der Waals surface area contributed by atoms with Crippen LogP contribution in [0.1, 0.15) is 11.1 Å². The van der Waals surface area contributed by atoms with Crippen molar-refractivity contribution in [3.05, 3.63) is 254 Å². The summed E-state index contributed by atoms with van der Waals surface area (Å²) in [6.07, 6.45) is 17.1.